The molecule has 0 N–H and O–H groups in total. The van der Waals surface area contributed by atoms with Gasteiger partial charge in [-0.3, -0.25) is 0 Å². The average Bonchev–Trinajstić information content (AvgIpc) is 2.28. The first kappa shape index (κ1) is 17.4. The second kappa shape index (κ2) is 11.5. The molecule has 18 heavy (non-hydrogen) atoms. The molecular formula is C16H26ClF. The van der Waals surface area contributed by atoms with E-state index in [2.05, 4.69) is 13.8 Å². The van der Waals surface area contributed by atoms with Crippen LogP contribution in [0.3, 0.4) is 0 Å². The molecule has 0 aromatic heterocycles. The Bertz CT molecular complexity index is 253. The number of benzene rings is 1. The van der Waals surface area contributed by atoms with Gasteiger partial charge in [0.05, 0.1) is 0 Å². The topological polar surface area (TPSA) is 0 Å². The summed E-state index contributed by atoms with van der Waals surface area (Å²) in [5.74, 6) is -0.278. The van der Waals surface area contributed by atoms with Gasteiger partial charge < -0.3 is 0 Å². The van der Waals surface area contributed by atoms with Crippen molar-refractivity contribution in [2.75, 3.05) is 0 Å². The van der Waals surface area contributed by atoms with Crippen LogP contribution in [0.2, 0.25) is 5.02 Å². The molecule has 0 bridgehead atoms. The SMILES string of the molecule is CCCCCCCCC.Cc1cc(F)cc(Cl)c1. The van der Waals surface area contributed by atoms with Gasteiger partial charge in [0.25, 0.3) is 0 Å². The van der Waals surface area contributed by atoms with E-state index in [4.69, 9.17) is 11.6 Å². The van der Waals surface area contributed by atoms with Gasteiger partial charge in [0.2, 0.25) is 0 Å². The lowest BCUT2D eigenvalue weighted by Crippen LogP contribution is -1.76. The van der Waals surface area contributed by atoms with Crippen LogP contribution in [0.5, 0.6) is 0 Å². The zero-order chi connectivity index (χ0) is 13.8. The molecule has 1 rings (SSSR count). The molecule has 0 nitrogen and oxygen atoms in total. The smallest absolute Gasteiger partial charge is 0.124 e. The quantitative estimate of drug-likeness (QED) is 0.516. The van der Waals surface area contributed by atoms with Gasteiger partial charge >= 0.3 is 0 Å². The van der Waals surface area contributed by atoms with Gasteiger partial charge in [-0.05, 0) is 30.7 Å². The first-order chi connectivity index (χ1) is 8.60. The summed E-state index contributed by atoms with van der Waals surface area (Å²) in [7, 11) is 0. The van der Waals surface area contributed by atoms with E-state index in [0.29, 0.717) is 5.02 Å². The highest BCUT2D eigenvalue weighted by Crippen LogP contribution is 2.12. The maximum atomic E-state index is 12.3. The Hall–Kier alpha value is -0.560. The van der Waals surface area contributed by atoms with E-state index in [1.807, 2.05) is 0 Å². The lowest BCUT2D eigenvalue weighted by atomic mass is 10.1. The highest BCUT2D eigenvalue weighted by atomic mass is 35.5. The van der Waals surface area contributed by atoms with Gasteiger partial charge in [0.1, 0.15) is 5.82 Å². The molecule has 0 unspecified atom stereocenters. The lowest BCUT2D eigenvalue weighted by Gasteiger charge is -1.96. The summed E-state index contributed by atoms with van der Waals surface area (Å²) < 4.78 is 12.3. The minimum absolute atomic E-state index is 0.278. The number of hydrogen-bond donors (Lipinski definition) is 0. The molecule has 0 aliphatic heterocycles. The van der Waals surface area contributed by atoms with Crippen molar-refractivity contribution >= 4 is 11.6 Å². The van der Waals surface area contributed by atoms with Crippen LogP contribution in [-0.2, 0) is 0 Å². The molecule has 0 spiro atoms. The fourth-order valence-electron chi connectivity index (χ4n) is 1.72. The summed E-state index contributed by atoms with van der Waals surface area (Å²) in [4.78, 5) is 0. The monoisotopic (exact) mass is 272 g/mol. The molecule has 0 heterocycles. The van der Waals surface area contributed by atoms with Crippen molar-refractivity contribution in [1.29, 1.82) is 0 Å². The molecule has 0 radical (unpaired) electrons. The van der Waals surface area contributed by atoms with Crippen molar-refractivity contribution in [2.24, 2.45) is 0 Å². The van der Waals surface area contributed by atoms with Crippen LogP contribution in [0.25, 0.3) is 0 Å². The van der Waals surface area contributed by atoms with Gasteiger partial charge in [-0.1, -0.05) is 70.4 Å². The summed E-state index contributed by atoms with van der Waals surface area (Å²) >= 11 is 5.51. The molecule has 0 aliphatic carbocycles. The highest BCUT2D eigenvalue weighted by molar-refractivity contribution is 6.30. The second-order valence-corrected chi connectivity index (χ2v) is 5.15. The van der Waals surface area contributed by atoms with Gasteiger partial charge in [-0.2, -0.15) is 0 Å². The zero-order valence-electron chi connectivity index (χ0n) is 11.9. The maximum absolute atomic E-state index is 12.3. The van der Waals surface area contributed by atoms with Crippen LogP contribution in [0, 0.1) is 12.7 Å². The second-order valence-electron chi connectivity index (χ2n) is 4.71. The van der Waals surface area contributed by atoms with E-state index in [0.717, 1.165) is 5.56 Å². The predicted octanol–water partition coefficient (Wildman–Crippen LogP) is 6.54. The van der Waals surface area contributed by atoms with Crippen molar-refractivity contribution in [3.8, 4) is 0 Å². The Balaban J connectivity index is 0.000000321. The third kappa shape index (κ3) is 10.6. The Labute approximate surface area is 117 Å². The molecule has 104 valence electrons. The van der Waals surface area contributed by atoms with E-state index in [1.165, 1.54) is 57.1 Å². The molecule has 1 aromatic carbocycles. The van der Waals surface area contributed by atoms with Gasteiger partial charge in [-0.15, -0.1) is 0 Å². The van der Waals surface area contributed by atoms with Crippen molar-refractivity contribution < 1.29 is 4.39 Å². The first-order valence-corrected chi connectivity index (χ1v) is 7.40. The third-order valence-electron chi connectivity index (χ3n) is 2.71. The predicted molar refractivity (Wildman–Crippen MR) is 79.8 cm³/mol. The van der Waals surface area contributed by atoms with E-state index in [-0.39, 0.29) is 5.82 Å². The minimum Gasteiger partial charge on any atom is -0.207 e. The van der Waals surface area contributed by atoms with E-state index >= 15 is 0 Å². The van der Waals surface area contributed by atoms with Crippen LogP contribution in [-0.4, -0.2) is 0 Å². The lowest BCUT2D eigenvalue weighted by molar-refractivity contribution is 0.602. The molecule has 1 aromatic rings. The Morgan fingerprint density at radius 3 is 1.78 bits per heavy atom. The van der Waals surface area contributed by atoms with Gasteiger partial charge in [0, 0.05) is 5.02 Å². The minimum atomic E-state index is -0.278. The Morgan fingerprint density at radius 2 is 1.39 bits per heavy atom. The number of aryl methyl sites for hydroxylation is 1. The zero-order valence-corrected chi connectivity index (χ0v) is 12.7. The first-order valence-electron chi connectivity index (χ1n) is 7.02. The standard InChI is InChI=1S/C9H20.C7H6ClF/c1-3-5-7-9-8-6-4-2;1-5-2-6(8)4-7(9)3-5/h3-9H2,1-2H3;2-4H,1H3. The van der Waals surface area contributed by atoms with E-state index in [1.54, 1.807) is 13.0 Å². The average molecular weight is 273 g/mol. The van der Waals surface area contributed by atoms with Crippen LogP contribution in [0.4, 0.5) is 4.39 Å². The number of unbranched alkanes of at least 4 members (excludes halogenated alkanes) is 6. The van der Waals surface area contributed by atoms with Crippen LogP contribution >= 0.6 is 11.6 Å². The summed E-state index contributed by atoms with van der Waals surface area (Å²) in [5.41, 5.74) is 0.847. The fraction of sp³-hybridized carbons (Fsp3) is 0.625. The van der Waals surface area contributed by atoms with Crippen LogP contribution < -0.4 is 0 Å². The van der Waals surface area contributed by atoms with Crippen LogP contribution in [0.1, 0.15) is 64.4 Å². The van der Waals surface area contributed by atoms with Gasteiger partial charge in [0.15, 0.2) is 0 Å². The molecule has 0 amide bonds. The summed E-state index contributed by atoms with van der Waals surface area (Å²) in [6.07, 6.45) is 9.97. The van der Waals surface area contributed by atoms with Crippen LogP contribution in [0.15, 0.2) is 18.2 Å². The molecule has 0 fully saturated rings. The maximum Gasteiger partial charge on any atom is 0.124 e. The molecule has 2 heteroatoms. The van der Waals surface area contributed by atoms with E-state index in [9.17, 15) is 4.39 Å². The number of rotatable bonds is 6. The highest BCUT2D eigenvalue weighted by Gasteiger charge is 1.92. The molecular weight excluding hydrogens is 247 g/mol. The Kier molecular flexibility index (Phi) is 11.2. The number of halogens is 2. The summed E-state index contributed by atoms with van der Waals surface area (Å²) in [5, 5.41) is 0.451. The van der Waals surface area contributed by atoms with Crippen molar-refractivity contribution in [2.45, 2.75) is 65.7 Å². The molecule has 0 saturated heterocycles. The fourth-order valence-corrected chi connectivity index (χ4v) is 2.00. The van der Waals surface area contributed by atoms with Crippen molar-refractivity contribution in [1.82, 2.24) is 0 Å². The van der Waals surface area contributed by atoms with Crippen molar-refractivity contribution in [3.63, 3.8) is 0 Å². The molecule has 0 aliphatic rings. The van der Waals surface area contributed by atoms with E-state index < -0.39 is 0 Å². The molecule has 0 atom stereocenters. The normalized spacial score (nSPS) is 9.83. The van der Waals surface area contributed by atoms with Gasteiger partial charge in [-0.25, -0.2) is 4.39 Å². The summed E-state index contributed by atoms with van der Waals surface area (Å²) in [6, 6.07) is 4.44. The number of hydrogen-bond acceptors (Lipinski definition) is 0. The molecule has 0 saturated carbocycles. The summed E-state index contributed by atoms with van der Waals surface area (Å²) in [6.45, 7) is 6.33. The largest absolute Gasteiger partial charge is 0.207 e. The van der Waals surface area contributed by atoms with Crippen molar-refractivity contribution in [3.05, 3.63) is 34.6 Å². The third-order valence-corrected chi connectivity index (χ3v) is 2.93. The Morgan fingerprint density at radius 1 is 0.889 bits per heavy atom.